The SMILES string of the molecule is Cc1cc(F)ccc1CNc1ccc(C(C)C)nn1.[HH]. The van der Waals surface area contributed by atoms with E-state index in [1.807, 2.05) is 19.1 Å². The number of hydrogen-bond donors (Lipinski definition) is 1. The Balaban J connectivity index is 0.00000200. The van der Waals surface area contributed by atoms with Crippen LogP contribution in [-0.4, -0.2) is 10.2 Å². The van der Waals surface area contributed by atoms with Gasteiger partial charge >= 0.3 is 0 Å². The summed E-state index contributed by atoms with van der Waals surface area (Å²) in [5.41, 5.74) is 2.96. The third kappa shape index (κ3) is 3.50. The van der Waals surface area contributed by atoms with Gasteiger partial charge in [0.25, 0.3) is 0 Å². The summed E-state index contributed by atoms with van der Waals surface area (Å²) < 4.78 is 13.0. The molecule has 0 amide bonds. The zero-order valence-corrected chi connectivity index (χ0v) is 11.4. The van der Waals surface area contributed by atoms with Crippen molar-refractivity contribution in [3.63, 3.8) is 0 Å². The van der Waals surface area contributed by atoms with E-state index < -0.39 is 0 Å². The molecule has 0 saturated heterocycles. The van der Waals surface area contributed by atoms with Crippen molar-refractivity contribution in [2.45, 2.75) is 33.2 Å². The molecule has 19 heavy (non-hydrogen) atoms. The van der Waals surface area contributed by atoms with Gasteiger partial charge in [-0.05, 0) is 48.2 Å². The van der Waals surface area contributed by atoms with E-state index in [-0.39, 0.29) is 7.24 Å². The third-order valence-electron chi connectivity index (χ3n) is 3.04. The van der Waals surface area contributed by atoms with E-state index in [0.717, 1.165) is 22.6 Å². The molecule has 102 valence electrons. The van der Waals surface area contributed by atoms with Gasteiger partial charge in [0.15, 0.2) is 0 Å². The number of aromatic nitrogens is 2. The summed E-state index contributed by atoms with van der Waals surface area (Å²) in [6, 6.07) is 8.67. The second-order valence-electron chi connectivity index (χ2n) is 4.92. The summed E-state index contributed by atoms with van der Waals surface area (Å²) in [4.78, 5) is 0. The second-order valence-corrected chi connectivity index (χ2v) is 4.92. The lowest BCUT2D eigenvalue weighted by Crippen LogP contribution is -2.05. The first kappa shape index (κ1) is 13.5. The average Bonchev–Trinajstić information content (AvgIpc) is 2.38. The van der Waals surface area contributed by atoms with Gasteiger partial charge in [-0.25, -0.2) is 4.39 Å². The molecule has 4 heteroatoms. The topological polar surface area (TPSA) is 37.8 Å². The largest absolute Gasteiger partial charge is 0.364 e. The minimum Gasteiger partial charge on any atom is -0.364 e. The van der Waals surface area contributed by atoms with Crippen molar-refractivity contribution in [2.75, 3.05) is 5.32 Å². The van der Waals surface area contributed by atoms with Crippen molar-refractivity contribution in [3.8, 4) is 0 Å². The molecule has 0 unspecified atom stereocenters. The number of halogens is 1. The Kier molecular flexibility index (Phi) is 4.10. The van der Waals surface area contributed by atoms with Crippen molar-refractivity contribution in [2.24, 2.45) is 0 Å². The smallest absolute Gasteiger partial charge is 0.148 e. The standard InChI is InChI=1S/C15H18FN3.H2/c1-10(2)14-6-7-15(19-18-14)17-9-12-4-5-13(16)8-11(12)3;/h4-8,10H,9H2,1-3H3,(H,17,19);1H. The van der Waals surface area contributed by atoms with E-state index >= 15 is 0 Å². The molecule has 0 spiro atoms. The highest BCUT2D eigenvalue weighted by Gasteiger charge is 2.03. The van der Waals surface area contributed by atoms with Gasteiger partial charge in [0, 0.05) is 7.97 Å². The highest BCUT2D eigenvalue weighted by atomic mass is 19.1. The fourth-order valence-corrected chi connectivity index (χ4v) is 1.79. The minimum atomic E-state index is -0.206. The maximum atomic E-state index is 13.0. The van der Waals surface area contributed by atoms with Crippen LogP contribution in [-0.2, 0) is 6.54 Å². The predicted molar refractivity (Wildman–Crippen MR) is 76.7 cm³/mol. The molecular weight excluding hydrogens is 241 g/mol. The van der Waals surface area contributed by atoms with Crippen molar-refractivity contribution < 1.29 is 5.82 Å². The monoisotopic (exact) mass is 261 g/mol. The Hall–Kier alpha value is -1.97. The van der Waals surface area contributed by atoms with Crippen LogP contribution in [0.3, 0.4) is 0 Å². The van der Waals surface area contributed by atoms with Crippen LogP contribution < -0.4 is 5.32 Å². The van der Waals surface area contributed by atoms with E-state index in [9.17, 15) is 4.39 Å². The number of benzene rings is 1. The molecule has 0 bridgehead atoms. The lowest BCUT2D eigenvalue weighted by Gasteiger charge is -2.09. The lowest BCUT2D eigenvalue weighted by molar-refractivity contribution is 0.625. The summed E-state index contributed by atoms with van der Waals surface area (Å²) in [6.07, 6.45) is 0. The Labute approximate surface area is 114 Å². The van der Waals surface area contributed by atoms with Crippen LogP contribution in [0.2, 0.25) is 0 Å². The molecule has 0 saturated carbocycles. The molecule has 0 radical (unpaired) electrons. The molecule has 0 fully saturated rings. The first-order valence-corrected chi connectivity index (χ1v) is 6.39. The lowest BCUT2D eigenvalue weighted by atomic mass is 10.1. The molecule has 0 aliphatic rings. The highest BCUT2D eigenvalue weighted by molar-refractivity contribution is 5.36. The number of aryl methyl sites for hydroxylation is 1. The van der Waals surface area contributed by atoms with Gasteiger partial charge in [-0.3, -0.25) is 0 Å². The maximum Gasteiger partial charge on any atom is 0.148 e. The van der Waals surface area contributed by atoms with E-state index in [4.69, 9.17) is 0 Å². The van der Waals surface area contributed by atoms with Gasteiger partial charge in [0.1, 0.15) is 11.6 Å². The van der Waals surface area contributed by atoms with E-state index in [2.05, 4.69) is 29.4 Å². The molecule has 0 aliphatic heterocycles. The van der Waals surface area contributed by atoms with E-state index in [1.54, 1.807) is 6.07 Å². The number of nitrogens with one attached hydrogen (secondary N) is 1. The Morgan fingerprint density at radius 1 is 1.21 bits per heavy atom. The van der Waals surface area contributed by atoms with Gasteiger partial charge in [0.2, 0.25) is 0 Å². The Morgan fingerprint density at radius 3 is 2.58 bits per heavy atom. The van der Waals surface area contributed by atoms with Crippen LogP contribution in [0.5, 0.6) is 0 Å². The second kappa shape index (κ2) is 5.78. The van der Waals surface area contributed by atoms with E-state index in [0.29, 0.717) is 12.5 Å². The summed E-state index contributed by atoms with van der Waals surface area (Å²) in [5.74, 6) is 0.899. The van der Waals surface area contributed by atoms with Crippen molar-refractivity contribution in [1.82, 2.24) is 10.2 Å². The summed E-state index contributed by atoms with van der Waals surface area (Å²) in [6.45, 7) is 6.67. The average molecular weight is 261 g/mol. The summed E-state index contributed by atoms with van der Waals surface area (Å²) in [7, 11) is 0. The molecule has 2 rings (SSSR count). The molecule has 2 aromatic rings. The van der Waals surface area contributed by atoms with Crippen LogP contribution in [0, 0.1) is 12.7 Å². The van der Waals surface area contributed by atoms with Crippen molar-refractivity contribution >= 4 is 5.82 Å². The Bertz CT molecular complexity index is 556. The van der Waals surface area contributed by atoms with Gasteiger partial charge in [-0.15, -0.1) is 5.10 Å². The summed E-state index contributed by atoms with van der Waals surface area (Å²) in [5, 5.41) is 11.5. The molecule has 1 heterocycles. The summed E-state index contributed by atoms with van der Waals surface area (Å²) >= 11 is 0. The van der Waals surface area contributed by atoms with Gasteiger partial charge < -0.3 is 5.32 Å². The Morgan fingerprint density at radius 2 is 2.00 bits per heavy atom. The number of nitrogens with zero attached hydrogens (tertiary/aromatic N) is 2. The number of hydrogen-bond acceptors (Lipinski definition) is 3. The molecule has 0 atom stereocenters. The number of rotatable bonds is 4. The van der Waals surface area contributed by atoms with Crippen LogP contribution in [0.4, 0.5) is 10.2 Å². The van der Waals surface area contributed by atoms with Gasteiger partial charge in [0.05, 0.1) is 5.69 Å². The van der Waals surface area contributed by atoms with Crippen molar-refractivity contribution in [1.29, 1.82) is 0 Å². The first-order valence-electron chi connectivity index (χ1n) is 6.39. The van der Waals surface area contributed by atoms with Crippen molar-refractivity contribution in [3.05, 3.63) is 53.0 Å². The van der Waals surface area contributed by atoms with Gasteiger partial charge in [-0.2, -0.15) is 5.10 Å². The molecule has 1 aromatic heterocycles. The first-order chi connectivity index (χ1) is 9.06. The van der Waals surface area contributed by atoms with Crippen LogP contribution in [0.1, 0.15) is 38.0 Å². The maximum absolute atomic E-state index is 13.0. The normalized spacial score (nSPS) is 10.8. The minimum absolute atomic E-state index is 0. The molecule has 1 N–H and O–H groups in total. The van der Waals surface area contributed by atoms with Gasteiger partial charge in [-0.1, -0.05) is 19.9 Å². The van der Waals surface area contributed by atoms with Crippen LogP contribution in [0.25, 0.3) is 0 Å². The fourth-order valence-electron chi connectivity index (χ4n) is 1.79. The molecule has 3 nitrogen and oxygen atoms in total. The molecule has 1 aromatic carbocycles. The van der Waals surface area contributed by atoms with Crippen LogP contribution >= 0.6 is 0 Å². The third-order valence-corrected chi connectivity index (χ3v) is 3.04. The van der Waals surface area contributed by atoms with Crippen LogP contribution in [0.15, 0.2) is 30.3 Å². The molecular formula is C15H20FN3. The highest BCUT2D eigenvalue weighted by Crippen LogP contribution is 2.14. The zero-order chi connectivity index (χ0) is 13.8. The molecule has 0 aliphatic carbocycles. The quantitative estimate of drug-likeness (QED) is 0.906. The van der Waals surface area contributed by atoms with E-state index in [1.165, 1.54) is 12.1 Å². The predicted octanol–water partition coefficient (Wildman–Crippen LogP) is 3.91. The number of anilines is 1. The fraction of sp³-hybridized carbons (Fsp3) is 0.333. The zero-order valence-electron chi connectivity index (χ0n) is 11.4.